The molecule has 0 saturated carbocycles. The summed E-state index contributed by atoms with van der Waals surface area (Å²) in [5.41, 5.74) is 5.83. The van der Waals surface area contributed by atoms with Crippen LogP contribution in [0.4, 0.5) is 5.82 Å². The number of likely N-dealkylation sites (N-methyl/N-ethyl adjacent to an activating group) is 1. The molecule has 0 bridgehead atoms. The molecule has 18 heavy (non-hydrogen) atoms. The number of piperazine rings is 1. The van der Waals surface area contributed by atoms with Gasteiger partial charge in [0.25, 0.3) is 0 Å². The van der Waals surface area contributed by atoms with Crippen LogP contribution in [0, 0.1) is 0 Å². The van der Waals surface area contributed by atoms with Crippen molar-refractivity contribution in [3.05, 3.63) is 11.2 Å². The number of halogens is 1. The first-order valence-electron chi connectivity index (χ1n) is 5.87. The van der Waals surface area contributed by atoms with Crippen LogP contribution < -0.4 is 15.4 Å². The molecule has 1 fully saturated rings. The normalized spacial score (nSPS) is 21.1. The van der Waals surface area contributed by atoms with Crippen molar-refractivity contribution >= 4 is 17.4 Å². The quantitative estimate of drug-likeness (QED) is 0.848. The summed E-state index contributed by atoms with van der Waals surface area (Å²) in [5.74, 6) is 0.701. The largest absolute Gasteiger partial charge is 0.467 e. The van der Waals surface area contributed by atoms with E-state index in [9.17, 15) is 0 Å². The molecule has 1 aromatic rings. The third-order valence-electron chi connectivity index (χ3n) is 3.12. The molecule has 1 saturated heterocycles. The SMILES string of the molecule is COc1ncc(Cl)c(N2CCN(C)CC2CN)n1. The summed E-state index contributed by atoms with van der Waals surface area (Å²) in [6.45, 7) is 3.27. The van der Waals surface area contributed by atoms with Gasteiger partial charge in [0.1, 0.15) is 5.02 Å². The fourth-order valence-electron chi connectivity index (χ4n) is 2.13. The monoisotopic (exact) mass is 271 g/mol. The predicted octanol–water partition coefficient (Wildman–Crippen LogP) is 0.218. The molecular weight excluding hydrogens is 254 g/mol. The van der Waals surface area contributed by atoms with E-state index in [0.29, 0.717) is 23.4 Å². The lowest BCUT2D eigenvalue weighted by atomic mass is 10.1. The van der Waals surface area contributed by atoms with Gasteiger partial charge in [0.15, 0.2) is 5.82 Å². The number of aromatic nitrogens is 2. The predicted molar refractivity (Wildman–Crippen MR) is 71.3 cm³/mol. The molecule has 0 amide bonds. The molecule has 0 aliphatic carbocycles. The highest BCUT2D eigenvalue weighted by molar-refractivity contribution is 6.32. The lowest BCUT2D eigenvalue weighted by Crippen LogP contribution is -2.55. The molecule has 1 aliphatic heterocycles. The average Bonchev–Trinajstić information content (AvgIpc) is 2.39. The Labute approximate surface area is 112 Å². The van der Waals surface area contributed by atoms with E-state index in [1.807, 2.05) is 0 Å². The van der Waals surface area contributed by atoms with Crippen LogP contribution in [0.2, 0.25) is 5.02 Å². The van der Waals surface area contributed by atoms with Gasteiger partial charge in [0, 0.05) is 26.2 Å². The summed E-state index contributed by atoms with van der Waals surface area (Å²) < 4.78 is 5.04. The molecule has 0 aromatic carbocycles. The Morgan fingerprint density at radius 3 is 3.00 bits per heavy atom. The zero-order valence-corrected chi connectivity index (χ0v) is 11.4. The minimum absolute atomic E-state index is 0.209. The second kappa shape index (κ2) is 5.69. The van der Waals surface area contributed by atoms with Crippen molar-refractivity contribution in [1.29, 1.82) is 0 Å². The van der Waals surface area contributed by atoms with Crippen molar-refractivity contribution in [2.75, 3.05) is 45.2 Å². The average molecular weight is 272 g/mol. The summed E-state index contributed by atoms with van der Waals surface area (Å²) in [6, 6.07) is 0.532. The van der Waals surface area contributed by atoms with Crippen LogP contribution in [0.1, 0.15) is 0 Å². The number of hydrogen-bond acceptors (Lipinski definition) is 6. The topological polar surface area (TPSA) is 67.5 Å². The summed E-state index contributed by atoms with van der Waals surface area (Å²) in [5, 5.41) is 0.527. The standard InChI is InChI=1S/C11H18ClN5O/c1-16-3-4-17(8(5-13)7-16)10-9(12)6-14-11(15-10)18-2/h6,8H,3-5,7,13H2,1-2H3. The number of hydrogen-bond donors (Lipinski definition) is 1. The van der Waals surface area contributed by atoms with E-state index >= 15 is 0 Å². The van der Waals surface area contributed by atoms with E-state index < -0.39 is 0 Å². The summed E-state index contributed by atoms with van der Waals surface area (Å²) in [4.78, 5) is 12.7. The molecule has 1 atom stereocenters. The van der Waals surface area contributed by atoms with Gasteiger partial charge in [-0.05, 0) is 7.05 Å². The van der Waals surface area contributed by atoms with Crippen molar-refractivity contribution in [3.63, 3.8) is 0 Å². The zero-order valence-electron chi connectivity index (χ0n) is 10.6. The lowest BCUT2D eigenvalue weighted by Gasteiger charge is -2.40. The van der Waals surface area contributed by atoms with E-state index in [0.717, 1.165) is 19.6 Å². The van der Waals surface area contributed by atoms with Gasteiger partial charge >= 0.3 is 6.01 Å². The Kier molecular flexibility index (Phi) is 4.21. The lowest BCUT2D eigenvalue weighted by molar-refractivity contribution is 0.268. The van der Waals surface area contributed by atoms with Gasteiger partial charge in [-0.1, -0.05) is 11.6 Å². The smallest absolute Gasteiger partial charge is 0.318 e. The second-order valence-electron chi connectivity index (χ2n) is 4.37. The molecule has 100 valence electrons. The highest BCUT2D eigenvalue weighted by Gasteiger charge is 2.27. The van der Waals surface area contributed by atoms with Crippen molar-refractivity contribution in [2.24, 2.45) is 5.73 Å². The van der Waals surface area contributed by atoms with Gasteiger partial charge in [0.2, 0.25) is 0 Å². The molecule has 2 heterocycles. The maximum Gasteiger partial charge on any atom is 0.318 e. The number of methoxy groups -OCH3 is 1. The molecule has 1 aromatic heterocycles. The van der Waals surface area contributed by atoms with Gasteiger partial charge in [-0.3, -0.25) is 0 Å². The Morgan fingerprint density at radius 1 is 1.56 bits per heavy atom. The van der Waals surface area contributed by atoms with Crippen molar-refractivity contribution in [2.45, 2.75) is 6.04 Å². The first-order chi connectivity index (χ1) is 8.65. The Morgan fingerprint density at radius 2 is 2.33 bits per heavy atom. The van der Waals surface area contributed by atoms with E-state index in [2.05, 4.69) is 26.8 Å². The maximum atomic E-state index is 6.17. The van der Waals surface area contributed by atoms with Crippen molar-refractivity contribution in [3.8, 4) is 6.01 Å². The van der Waals surface area contributed by atoms with Gasteiger partial charge in [-0.2, -0.15) is 4.98 Å². The number of anilines is 1. The Hall–Kier alpha value is -1.11. The molecule has 1 unspecified atom stereocenters. The maximum absolute atomic E-state index is 6.17. The molecule has 2 N–H and O–H groups in total. The Balaban J connectivity index is 2.28. The molecule has 2 rings (SSSR count). The van der Waals surface area contributed by atoms with E-state index in [-0.39, 0.29) is 6.04 Å². The third-order valence-corrected chi connectivity index (χ3v) is 3.38. The van der Waals surface area contributed by atoms with Gasteiger partial charge in [-0.15, -0.1) is 0 Å². The van der Waals surface area contributed by atoms with E-state index in [1.165, 1.54) is 7.11 Å². The van der Waals surface area contributed by atoms with E-state index in [4.69, 9.17) is 22.1 Å². The number of nitrogens with two attached hydrogens (primary N) is 1. The van der Waals surface area contributed by atoms with Crippen LogP contribution >= 0.6 is 11.6 Å². The van der Waals surface area contributed by atoms with E-state index in [1.54, 1.807) is 6.20 Å². The summed E-state index contributed by atoms with van der Waals surface area (Å²) in [6.07, 6.45) is 1.56. The summed E-state index contributed by atoms with van der Waals surface area (Å²) >= 11 is 6.17. The molecule has 1 aliphatic rings. The minimum Gasteiger partial charge on any atom is -0.467 e. The first kappa shape index (κ1) is 13.3. The minimum atomic E-state index is 0.209. The fraction of sp³-hybridized carbons (Fsp3) is 0.636. The second-order valence-corrected chi connectivity index (χ2v) is 4.78. The number of rotatable bonds is 3. The van der Waals surface area contributed by atoms with Crippen LogP contribution in [-0.4, -0.2) is 61.2 Å². The highest BCUT2D eigenvalue weighted by Crippen LogP contribution is 2.27. The van der Waals surface area contributed by atoms with Crippen molar-refractivity contribution < 1.29 is 4.74 Å². The third kappa shape index (κ3) is 2.66. The van der Waals surface area contributed by atoms with Crippen LogP contribution in [-0.2, 0) is 0 Å². The number of nitrogens with zero attached hydrogens (tertiary/aromatic N) is 4. The zero-order chi connectivity index (χ0) is 13.1. The van der Waals surface area contributed by atoms with Crippen LogP contribution in [0.5, 0.6) is 6.01 Å². The summed E-state index contributed by atoms with van der Waals surface area (Å²) in [7, 11) is 3.62. The fourth-order valence-corrected chi connectivity index (χ4v) is 2.33. The van der Waals surface area contributed by atoms with Crippen molar-refractivity contribution in [1.82, 2.24) is 14.9 Å². The van der Waals surface area contributed by atoms with Gasteiger partial charge in [-0.25, -0.2) is 4.98 Å². The molecule has 0 radical (unpaired) electrons. The molecular formula is C11H18ClN5O. The Bertz CT molecular complexity index is 416. The molecule has 7 heteroatoms. The number of ether oxygens (including phenoxy) is 1. The molecule has 6 nitrogen and oxygen atoms in total. The van der Waals surface area contributed by atoms with Crippen LogP contribution in [0.15, 0.2) is 6.20 Å². The van der Waals surface area contributed by atoms with Gasteiger partial charge < -0.3 is 20.3 Å². The molecule has 0 spiro atoms. The van der Waals surface area contributed by atoms with Crippen LogP contribution in [0.3, 0.4) is 0 Å². The highest BCUT2D eigenvalue weighted by atomic mass is 35.5. The van der Waals surface area contributed by atoms with Gasteiger partial charge in [0.05, 0.1) is 19.3 Å². The first-order valence-corrected chi connectivity index (χ1v) is 6.25. The van der Waals surface area contributed by atoms with Crippen LogP contribution in [0.25, 0.3) is 0 Å².